The van der Waals surface area contributed by atoms with Crippen LogP contribution < -0.4 is 5.32 Å². The van der Waals surface area contributed by atoms with Gasteiger partial charge < -0.3 is 5.32 Å². The van der Waals surface area contributed by atoms with Crippen molar-refractivity contribution >= 4 is 21.6 Å². The molecule has 1 aromatic rings. The molecule has 0 fully saturated rings. The van der Waals surface area contributed by atoms with E-state index in [1.54, 1.807) is 6.07 Å². The van der Waals surface area contributed by atoms with Crippen LogP contribution in [0.4, 0.5) is 10.1 Å². The van der Waals surface area contributed by atoms with E-state index >= 15 is 0 Å². The van der Waals surface area contributed by atoms with E-state index in [1.165, 1.54) is 37.8 Å². The van der Waals surface area contributed by atoms with Gasteiger partial charge in [-0.2, -0.15) is 0 Å². The number of nitrogens with one attached hydrogen (secondary N) is 1. The lowest BCUT2D eigenvalue weighted by atomic mass is 10.1. The molecule has 1 rings (SSSR count). The molecular weight excluding hydrogens is 281 g/mol. The molecule has 0 aromatic heterocycles. The van der Waals surface area contributed by atoms with E-state index in [4.69, 9.17) is 0 Å². The van der Waals surface area contributed by atoms with Crippen LogP contribution in [0.1, 0.15) is 46.0 Å². The Morgan fingerprint density at radius 3 is 2.71 bits per heavy atom. The molecule has 0 aliphatic rings. The van der Waals surface area contributed by atoms with Crippen molar-refractivity contribution in [2.24, 2.45) is 0 Å². The molecule has 0 aliphatic heterocycles. The second-order valence-corrected chi connectivity index (χ2v) is 5.37. The summed E-state index contributed by atoms with van der Waals surface area (Å²) in [6.45, 7) is 4.39. The van der Waals surface area contributed by atoms with Crippen molar-refractivity contribution in [3.05, 3.63) is 28.5 Å². The highest BCUT2D eigenvalue weighted by atomic mass is 79.9. The Kier molecular flexibility index (Phi) is 6.56. The van der Waals surface area contributed by atoms with Gasteiger partial charge in [-0.25, -0.2) is 4.39 Å². The second-order valence-electron chi connectivity index (χ2n) is 4.52. The van der Waals surface area contributed by atoms with Crippen LogP contribution in [0, 0.1) is 5.82 Å². The van der Waals surface area contributed by atoms with Gasteiger partial charge in [0.1, 0.15) is 5.82 Å². The third-order valence-electron chi connectivity index (χ3n) is 2.82. The van der Waals surface area contributed by atoms with E-state index in [0.29, 0.717) is 6.04 Å². The molecule has 1 N–H and O–H groups in total. The zero-order chi connectivity index (χ0) is 12.7. The minimum atomic E-state index is -0.210. The number of anilines is 1. The largest absolute Gasteiger partial charge is 0.382 e. The summed E-state index contributed by atoms with van der Waals surface area (Å²) >= 11 is 3.37. The third kappa shape index (κ3) is 5.53. The van der Waals surface area contributed by atoms with E-state index in [1.807, 2.05) is 0 Å². The summed E-state index contributed by atoms with van der Waals surface area (Å²) in [6.07, 6.45) is 6.29. The number of rotatable bonds is 7. The fraction of sp³-hybridized carbons (Fsp3) is 0.571. The maximum Gasteiger partial charge on any atom is 0.124 e. The lowest BCUT2D eigenvalue weighted by molar-refractivity contribution is 0.593. The number of unbranched alkanes of at least 4 members (excludes halogenated alkanes) is 3. The van der Waals surface area contributed by atoms with Crippen LogP contribution >= 0.6 is 15.9 Å². The summed E-state index contributed by atoms with van der Waals surface area (Å²) in [7, 11) is 0. The van der Waals surface area contributed by atoms with E-state index in [0.717, 1.165) is 16.6 Å². The van der Waals surface area contributed by atoms with Gasteiger partial charge in [-0.15, -0.1) is 0 Å². The maximum atomic E-state index is 12.9. The van der Waals surface area contributed by atoms with Gasteiger partial charge in [0.05, 0.1) is 0 Å². The molecule has 1 unspecified atom stereocenters. The molecule has 17 heavy (non-hydrogen) atoms. The smallest absolute Gasteiger partial charge is 0.124 e. The summed E-state index contributed by atoms with van der Waals surface area (Å²) in [6, 6.07) is 5.18. The Balaban J connectivity index is 2.37. The van der Waals surface area contributed by atoms with Crippen molar-refractivity contribution in [3.8, 4) is 0 Å². The molecule has 0 bridgehead atoms. The molecule has 0 heterocycles. The van der Waals surface area contributed by atoms with Crippen molar-refractivity contribution in [2.75, 3.05) is 5.32 Å². The Labute approximate surface area is 112 Å². The van der Waals surface area contributed by atoms with Gasteiger partial charge in [-0.3, -0.25) is 0 Å². The molecule has 3 heteroatoms. The van der Waals surface area contributed by atoms with Crippen molar-refractivity contribution < 1.29 is 4.39 Å². The van der Waals surface area contributed by atoms with Gasteiger partial charge in [0, 0.05) is 16.2 Å². The van der Waals surface area contributed by atoms with E-state index in [9.17, 15) is 4.39 Å². The SMILES string of the molecule is CCCCCCC(C)Nc1ccc(F)cc1Br. The predicted octanol–water partition coefficient (Wildman–Crippen LogP) is 5.36. The van der Waals surface area contributed by atoms with E-state index < -0.39 is 0 Å². The zero-order valence-corrected chi connectivity index (χ0v) is 12.2. The standard InChI is InChI=1S/C14H21BrFN/c1-3-4-5-6-7-11(2)17-14-9-8-12(16)10-13(14)15/h8-11,17H,3-7H2,1-2H3. The first-order valence-electron chi connectivity index (χ1n) is 6.35. The van der Waals surface area contributed by atoms with Crippen LogP contribution in [0.2, 0.25) is 0 Å². The summed E-state index contributed by atoms with van der Waals surface area (Å²) in [5.74, 6) is -0.210. The molecule has 0 spiro atoms. The minimum Gasteiger partial charge on any atom is -0.382 e. The fourth-order valence-electron chi connectivity index (χ4n) is 1.82. The Morgan fingerprint density at radius 1 is 1.29 bits per heavy atom. The average molecular weight is 302 g/mol. The van der Waals surface area contributed by atoms with Crippen molar-refractivity contribution in [1.29, 1.82) is 0 Å². The molecule has 1 atom stereocenters. The Bertz CT molecular complexity index is 341. The summed E-state index contributed by atoms with van der Waals surface area (Å²) in [5.41, 5.74) is 0.967. The lowest BCUT2D eigenvalue weighted by Crippen LogP contribution is -2.15. The number of hydrogen-bond donors (Lipinski definition) is 1. The van der Waals surface area contributed by atoms with E-state index in [2.05, 4.69) is 35.1 Å². The number of halogens is 2. The summed E-state index contributed by atoms with van der Waals surface area (Å²) < 4.78 is 13.7. The maximum absolute atomic E-state index is 12.9. The molecule has 1 aromatic carbocycles. The zero-order valence-electron chi connectivity index (χ0n) is 10.6. The first-order chi connectivity index (χ1) is 8.13. The first-order valence-corrected chi connectivity index (χ1v) is 7.14. The van der Waals surface area contributed by atoms with Gasteiger partial charge in [-0.05, 0) is 47.5 Å². The van der Waals surface area contributed by atoms with Crippen LogP contribution in [0.3, 0.4) is 0 Å². The average Bonchev–Trinajstić information content (AvgIpc) is 2.28. The van der Waals surface area contributed by atoms with Crippen LogP contribution in [0.25, 0.3) is 0 Å². The second kappa shape index (κ2) is 7.70. The normalized spacial score (nSPS) is 12.5. The van der Waals surface area contributed by atoms with Crippen molar-refractivity contribution in [2.45, 2.75) is 52.0 Å². The van der Waals surface area contributed by atoms with Crippen molar-refractivity contribution in [1.82, 2.24) is 0 Å². The van der Waals surface area contributed by atoms with Gasteiger partial charge in [0.15, 0.2) is 0 Å². The highest BCUT2D eigenvalue weighted by Gasteiger charge is 2.05. The molecule has 0 radical (unpaired) electrons. The molecular formula is C14H21BrFN. The van der Waals surface area contributed by atoms with Gasteiger partial charge >= 0.3 is 0 Å². The van der Waals surface area contributed by atoms with E-state index in [-0.39, 0.29) is 5.82 Å². The predicted molar refractivity (Wildman–Crippen MR) is 75.9 cm³/mol. The van der Waals surface area contributed by atoms with Gasteiger partial charge in [0.2, 0.25) is 0 Å². The molecule has 0 saturated heterocycles. The number of hydrogen-bond acceptors (Lipinski definition) is 1. The third-order valence-corrected chi connectivity index (χ3v) is 3.48. The fourth-order valence-corrected chi connectivity index (χ4v) is 2.29. The van der Waals surface area contributed by atoms with Crippen molar-refractivity contribution in [3.63, 3.8) is 0 Å². The van der Waals surface area contributed by atoms with Gasteiger partial charge in [0.25, 0.3) is 0 Å². The summed E-state index contributed by atoms with van der Waals surface area (Å²) in [4.78, 5) is 0. The highest BCUT2D eigenvalue weighted by molar-refractivity contribution is 9.10. The van der Waals surface area contributed by atoms with Crippen LogP contribution in [0.15, 0.2) is 22.7 Å². The molecule has 1 nitrogen and oxygen atoms in total. The molecule has 0 amide bonds. The topological polar surface area (TPSA) is 12.0 Å². The van der Waals surface area contributed by atoms with Crippen LogP contribution in [0.5, 0.6) is 0 Å². The van der Waals surface area contributed by atoms with Gasteiger partial charge in [-0.1, -0.05) is 32.6 Å². The quantitative estimate of drug-likeness (QED) is 0.669. The Morgan fingerprint density at radius 2 is 2.06 bits per heavy atom. The highest BCUT2D eigenvalue weighted by Crippen LogP contribution is 2.24. The molecule has 0 saturated carbocycles. The number of benzene rings is 1. The Hall–Kier alpha value is -0.570. The van der Waals surface area contributed by atoms with Crippen LogP contribution in [-0.4, -0.2) is 6.04 Å². The summed E-state index contributed by atoms with van der Waals surface area (Å²) in [5, 5.41) is 3.40. The molecule has 0 aliphatic carbocycles. The first kappa shape index (κ1) is 14.5. The minimum absolute atomic E-state index is 0.210. The van der Waals surface area contributed by atoms with Crippen LogP contribution in [-0.2, 0) is 0 Å². The monoisotopic (exact) mass is 301 g/mol. The molecule has 96 valence electrons. The lowest BCUT2D eigenvalue weighted by Gasteiger charge is -2.16.